The molecule has 2 fully saturated rings. The van der Waals surface area contributed by atoms with Gasteiger partial charge in [-0.3, -0.25) is 10.9 Å². The van der Waals surface area contributed by atoms with Gasteiger partial charge in [0.2, 0.25) is 5.95 Å². The molecule has 2 saturated heterocycles. The monoisotopic (exact) mass is 323 g/mol. The summed E-state index contributed by atoms with van der Waals surface area (Å²) in [5.41, 5.74) is 8.38. The molecule has 5 nitrogen and oxygen atoms in total. The largest absolute Gasteiger partial charge is 0.341 e. The normalized spacial score (nSPS) is 25.1. The topological polar surface area (TPSA) is 53.1 Å². The lowest BCUT2D eigenvalue weighted by Crippen LogP contribution is -2.45. The summed E-state index contributed by atoms with van der Waals surface area (Å²) in [6, 6.07) is 13.3. The minimum atomic E-state index is 0.559. The highest BCUT2D eigenvalue weighted by Gasteiger charge is 2.35. The van der Waals surface area contributed by atoms with Crippen molar-refractivity contribution in [2.24, 2.45) is 11.8 Å². The molecule has 0 amide bonds. The van der Waals surface area contributed by atoms with E-state index in [1.165, 1.54) is 18.4 Å². The lowest BCUT2D eigenvalue weighted by atomic mass is 9.81. The number of rotatable bonds is 4. The van der Waals surface area contributed by atoms with Gasteiger partial charge >= 0.3 is 0 Å². The highest BCUT2D eigenvalue weighted by Crippen LogP contribution is 2.29. The molecule has 24 heavy (non-hydrogen) atoms. The van der Waals surface area contributed by atoms with Gasteiger partial charge in [0, 0.05) is 38.1 Å². The number of hydrazine groups is 1. The summed E-state index contributed by atoms with van der Waals surface area (Å²) in [5, 5.41) is 0. The molecule has 2 N–H and O–H groups in total. The quantitative estimate of drug-likeness (QED) is 0.902. The Morgan fingerprint density at radius 2 is 1.75 bits per heavy atom. The Labute approximate surface area is 143 Å². The first-order chi connectivity index (χ1) is 11.9. The predicted molar refractivity (Wildman–Crippen MR) is 95.5 cm³/mol. The van der Waals surface area contributed by atoms with E-state index in [0.29, 0.717) is 17.9 Å². The number of anilines is 1. The van der Waals surface area contributed by atoms with Gasteiger partial charge in [0.1, 0.15) is 0 Å². The summed E-state index contributed by atoms with van der Waals surface area (Å²) >= 11 is 0. The first kappa shape index (κ1) is 15.5. The Morgan fingerprint density at radius 1 is 1.00 bits per heavy atom. The number of benzene rings is 1. The van der Waals surface area contributed by atoms with Crippen LogP contribution in [0.1, 0.15) is 18.4 Å². The molecule has 0 saturated carbocycles. The van der Waals surface area contributed by atoms with Gasteiger partial charge < -0.3 is 4.90 Å². The fraction of sp³-hybridized carbons (Fsp3) is 0.474. The van der Waals surface area contributed by atoms with Crippen molar-refractivity contribution in [1.82, 2.24) is 20.8 Å². The zero-order valence-corrected chi connectivity index (χ0v) is 13.9. The van der Waals surface area contributed by atoms with Crippen LogP contribution in [-0.4, -0.2) is 35.6 Å². The van der Waals surface area contributed by atoms with Crippen molar-refractivity contribution in [3.8, 4) is 0 Å². The van der Waals surface area contributed by atoms with Crippen molar-refractivity contribution in [3.63, 3.8) is 0 Å². The van der Waals surface area contributed by atoms with Crippen molar-refractivity contribution < 1.29 is 0 Å². The van der Waals surface area contributed by atoms with Gasteiger partial charge in [-0.05, 0) is 42.7 Å². The minimum Gasteiger partial charge on any atom is -0.341 e. The van der Waals surface area contributed by atoms with Crippen molar-refractivity contribution in [1.29, 1.82) is 0 Å². The minimum absolute atomic E-state index is 0.559. The third-order valence-corrected chi connectivity index (χ3v) is 5.36. The highest BCUT2D eigenvalue weighted by molar-refractivity contribution is 5.29. The van der Waals surface area contributed by atoms with Crippen LogP contribution in [0.4, 0.5) is 5.95 Å². The van der Waals surface area contributed by atoms with E-state index >= 15 is 0 Å². The van der Waals surface area contributed by atoms with Crippen LogP contribution >= 0.6 is 0 Å². The van der Waals surface area contributed by atoms with Gasteiger partial charge in [0.05, 0.1) is 0 Å². The van der Waals surface area contributed by atoms with E-state index in [-0.39, 0.29) is 0 Å². The SMILES string of the molecule is c1ccc(CC2CNNC2C2CCN(c3ncccn3)CC2)cc1. The molecule has 2 unspecified atom stereocenters. The second-order valence-electron chi connectivity index (χ2n) is 6.87. The van der Waals surface area contributed by atoms with E-state index < -0.39 is 0 Å². The number of piperidine rings is 1. The van der Waals surface area contributed by atoms with Crippen molar-refractivity contribution in [2.45, 2.75) is 25.3 Å². The first-order valence-electron chi connectivity index (χ1n) is 8.94. The maximum atomic E-state index is 4.38. The molecule has 1 aromatic heterocycles. The number of aromatic nitrogens is 2. The lowest BCUT2D eigenvalue weighted by molar-refractivity contribution is 0.266. The van der Waals surface area contributed by atoms with Crippen LogP contribution in [0.15, 0.2) is 48.8 Å². The average Bonchev–Trinajstić information content (AvgIpc) is 3.11. The molecule has 2 atom stereocenters. The van der Waals surface area contributed by atoms with Gasteiger partial charge in [0.15, 0.2) is 0 Å². The summed E-state index contributed by atoms with van der Waals surface area (Å²) in [6.07, 6.45) is 7.19. The molecule has 2 aromatic rings. The Morgan fingerprint density at radius 3 is 2.50 bits per heavy atom. The summed E-state index contributed by atoms with van der Waals surface area (Å²) in [7, 11) is 0. The molecule has 4 rings (SSSR count). The van der Waals surface area contributed by atoms with Gasteiger partial charge in [-0.2, -0.15) is 0 Å². The van der Waals surface area contributed by atoms with Crippen LogP contribution in [0.2, 0.25) is 0 Å². The molecule has 2 aliphatic heterocycles. The maximum Gasteiger partial charge on any atom is 0.225 e. The lowest BCUT2D eigenvalue weighted by Gasteiger charge is -2.36. The number of nitrogens with one attached hydrogen (secondary N) is 2. The predicted octanol–water partition coefficient (Wildman–Crippen LogP) is 2.03. The van der Waals surface area contributed by atoms with Crippen LogP contribution in [0.3, 0.4) is 0 Å². The van der Waals surface area contributed by atoms with Crippen LogP contribution in [0, 0.1) is 11.8 Å². The molecule has 5 heteroatoms. The Bertz CT molecular complexity index is 625. The van der Waals surface area contributed by atoms with Crippen molar-refractivity contribution in [2.75, 3.05) is 24.5 Å². The van der Waals surface area contributed by atoms with Crippen LogP contribution in [0.5, 0.6) is 0 Å². The van der Waals surface area contributed by atoms with Crippen molar-refractivity contribution >= 4 is 5.95 Å². The maximum absolute atomic E-state index is 4.38. The van der Waals surface area contributed by atoms with E-state index in [2.05, 4.69) is 56.1 Å². The van der Waals surface area contributed by atoms with Gasteiger partial charge in [-0.15, -0.1) is 0 Å². The van der Waals surface area contributed by atoms with E-state index in [1.807, 2.05) is 18.5 Å². The third-order valence-electron chi connectivity index (χ3n) is 5.36. The van der Waals surface area contributed by atoms with E-state index in [0.717, 1.165) is 32.0 Å². The smallest absolute Gasteiger partial charge is 0.225 e. The number of hydrogen-bond acceptors (Lipinski definition) is 5. The molecular formula is C19H25N5. The summed E-state index contributed by atoms with van der Waals surface area (Å²) < 4.78 is 0. The number of nitrogens with zero attached hydrogens (tertiary/aromatic N) is 3. The molecule has 0 spiro atoms. The fourth-order valence-electron chi connectivity index (χ4n) is 4.08. The standard InChI is InChI=1S/C19H25N5/c1-2-5-15(6-3-1)13-17-14-22-23-18(17)16-7-11-24(12-8-16)19-20-9-4-10-21-19/h1-6,9-10,16-18,22-23H,7-8,11-14H2. The molecule has 0 radical (unpaired) electrons. The summed E-state index contributed by atoms with van der Waals surface area (Å²) in [4.78, 5) is 11.1. The van der Waals surface area contributed by atoms with Crippen molar-refractivity contribution in [3.05, 3.63) is 54.4 Å². The molecule has 126 valence electrons. The Hall–Kier alpha value is -1.98. The van der Waals surface area contributed by atoms with Crippen LogP contribution in [0.25, 0.3) is 0 Å². The van der Waals surface area contributed by atoms with Crippen LogP contribution < -0.4 is 15.8 Å². The molecule has 2 aliphatic rings. The Kier molecular flexibility index (Phi) is 4.71. The number of hydrogen-bond donors (Lipinski definition) is 2. The molecule has 0 aliphatic carbocycles. The van der Waals surface area contributed by atoms with Gasteiger partial charge in [-0.25, -0.2) is 9.97 Å². The second-order valence-corrected chi connectivity index (χ2v) is 6.87. The summed E-state index contributed by atoms with van der Waals surface area (Å²) in [5.74, 6) is 2.25. The zero-order valence-electron chi connectivity index (χ0n) is 13.9. The van der Waals surface area contributed by atoms with E-state index in [1.54, 1.807) is 0 Å². The van der Waals surface area contributed by atoms with Gasteiger partial charge in [-0.1, -0.05) is 30.3 Å². The van der Waals surface area contributed by atoms with E-state index in [9.17, 15) is 0 Å². The molecule has 1 aromatic carbocycles. The van der Waals surface area contributed by atoms with Gasteiger partial charge in [0.25, 0.3) is 0 Å². The van der Waals surface area contributed by atoms with E-state index in [4.69, 9.17) is 0 Å². The highest BCUT2D eigenvalue weighted by atomic mass is 15.4. The molecule has 3 heterocycles. The van der Waals surface area contributed by atoms with Crippen LogP contribution in [-0.2, 0) is 6.42 Å². The molecule has 0 bridgehead atoms. The second kappa shape index (κ2) is 7.28. The fourth-order valence-corrected chi connectivity index (χ4v) is 4.08. The Balaban J connectivity index is 1.36. The zero-order chi connectivity index (χ0) is 16.2. The first-order valence-corrected chi connectivity index (χ1v) is 8.94. The summed E-state index contributed by atoms with van der Waals surface area (Å²) in [6.45, 7) is 3.15. The molecular weight excluding hydrogens is 298 g/mol. The third kappa shape index (κ3) is 3.42. The average molecular weight is 323 g/mol.